The summed E-state index contributed by atoms with van der Waals surface area (Å²) in [4.78, 5) is 14.5. The molecule has 0 bridgehead atoms. The molecule has 104 valence electrons. The summed E-state index contributed by atoms with van der Waals surface area (Å²) in [6.45, 7) is 0.0779. The molecule has 1 unspecified atom stereocenters. The lowest BCUT2D eigenvalue weighted by Gasteiger charge is -2.44. The number of aliphatic hydroxyl groups is 1. The Labute approximate surface area is 115 Å². The fourth-order valence-electron chi connectivity index (χ4n) is 3.41. The van der Waals surface area contributed by atoms with Crippen LogP contribution < -0.4 is 0 Å². The van der Waals surface area contributed by atoms with E-state index in [0.29, 0.717) is 0 Å². The summed E-state index contributed by atoms with van der Waals surface area (Å²) in [6.07, 6.45) is 3.90. The zero-order valence-electron chi connectivity index (χ0n) is 11.8. The second-order valence-electron chi connectivity index (χ2n) is 5.66. The molecule has 1 aliphatic carbocycles. The van der Waals surface area contributed by atoms with Gasteiger partial charge in [-0.25, -0.2) is 0 Å². The van der Waals surface area contributed by atoms with E-state index < -0.39 is 5.41 Å². The Bertz CT molecular complexity index is 430. The van der Waals surface area contributed by atoms with Crippen molar-refractivity contribution in [2.75, 3.05) is 20.7 Å². The molecule has 19 heavy (non-hydrogen) atoms. The number of nitrogens with zero attached hydrogens (tertiary/aromatic N) is 1. The van der Waals surface area contributed by atoms with Gasteiger partial charge in [0.05, 0.1) is 5.41 Å². The van der Waals surface area contributed by atoms with Gasteiger partial charge in [-0.05, 0) is 18.4 Å². The molecule has 1 saturated carbocycles. The molecule has 0 aromatic heterocycles. The SMILES string of the molecule is CN(C)C(=O)C1(c2ccccc2)CCCC[C@H]1CO. The summed E-state index contributed by atoms with van der Waals surface area (Å²) in [5.41, 5.74) is 0.505. The molecule has 0 aliphatic heterocycles. The molecule has 1 aromatic carbocycles. The molecule has 0 radical (unpaired) electrons. The monoisotopic (exact) mass is 261 g/mol. The Morgan fingerprint density at radius 3 is 2.58 bits per heavy atom. The smallest absolute Gasteiger partial charge is 0.233 e. The summed E-state index contributed by atoms with van der Waals surface area (Å²) < 4.78 is 0. The van der Waals surface area contributed by atoms with E-state index in [1.54, 1.807) is 19.0 Å². The zero-order valence-corrected chi connectivity index (χ0v) is 11.8. The molecule has 0 saturated heterocycles. The molecule has 1 aromatic rings. The van der Waals surface area contributed by atoms with Gasteiger partial charge in [-0.3, -0.25) is 4.79 Å². The highest BCUT2D eigenvalue weighted by molar-refractivity contribution is 5.88. The van der Waals surface area contributed by atoms with Crippen molar-refractivity contribution >= 4 is 5.91 Å². The lowest BCUT2D eigenvalue weighted by molar-refractivity contribution is -0.139. The van der Waals surface area contributed by atoms with E-state index in [1.807, 2.05) is 30.3 Å². The van der Waals surface area contributed by atoms with Gasteiger partial charge in [-0.2, -0.15) is 0 Å². The van der Waals surface area contributed by atoms with Crippen LogP contribution in [-0.2, 0) is 10.2 Å². The van der Waals surface area contributed by atoms with Crippen LogP contribution in [0.15, 0.2) is 30.3 Å². The largest absolute Gasteiger partial charge is 0.396 e. The van der Waals surface area contributed by atoms with Crippen LogP contribution in [0.2, 0.25) is 0 Å². The third kappa shape index (κ3) is 2.39. The number of carbonyl (C=O) groups is 1. The number of carbonyl (C=O) groups excluding carboxylic acids is 1. The third-order valence-corrected chi connectivity index (χ3v) is 4.37. The first-order valence-electron chi connectivity index (χ1n) is 7.01. The molecular formula is C16H23NO2. The fourth-order valence-corrected chi connectivity index (χ4v) is 3.41. The number of rotatable bonds is 3. The van der Waals surface area contributed by atoms with Crippen LogP contribution in [0.25, 0.3) is 0 Å². The van der Waals surface area contributed by atoms with Crippen LogP contribution in [0.4, 0.5) is 0 Å². The fraction of sp³-hybridized carbons (Fsp3) is 0.562. The van der Waals surface area contributed by atoms with Gasteiger partial charge in [0.25, 0.3) is 0 Å². The molecule has 2 atom stereocenters. The molecule has 1 fully saturated rings. The van der Waals surface area contributed by atoms with Gasteiger partial charge in [-0.15, -0.1) is 0 Å². The lowest BCUT2D eigenvalue weighted by atomic mass is 9.62. The molecule has 3 heteroatoms. The van der Waals surface area contributed by atoms with Gasteiger partial charge >= 0.3 is 0 Å². The first-order valence-corrected chi connectivity index (χ1v) is 7.01. The molecule has 1 aliphatic rings. The number of hydrogen-bond donors (Lipinski definition) is 1. The van der Waals surface area contributed by atoms with Crippen molar-refractivity contribution < 1.29 is 9.90 Å². The Kier molecular flexibility index (Phi) is 4.25. The quantitative estimate of drug-likeness (QED) is 0.906. The van der Waals surface area contributed by atoms with Crippen molar-refractivity contribution in [1.29, 1.82) is 0 Å². The Balaban J connectivity index is 2.51. The maximum absolute atomic E-state index is 12.8. The average Bonchev–Trinajstić information content (AvgIpc) is 2.47. The van der Waals surface area contributed by atoms with Crippen molar-refractivity contribution in [3.8, 4) is 0 Å². The van der Waals surface area contributed by atoms with E-state index in [4.69, 9.17) is 0 Å². The summed E-state index contributed by atoms with van der Waals surface area (Å²) >= 11 is 0. The Morgan fingerprint density at radius 1 is 1.32 bits per heavy atom. The summed E-state index contributed by atoms with van der Waals surface area (Å²) in [6, 6.07) is 9.96. The van der Waals surface area contributed by atoms with E-state index in [-0.39, 0.29) is 18.4 Å². The lowest BCUT2D eigenvalue weighted by Crippen LogP contribution is -2.51. The van der Waals surface area contributed by atoms with Crippen LogP contribution in [0.5, 0.6) is 0 Å². The van der Waals surface area contributed by atoms with E-state index in [0.717, 1.165) is 31.2 Å². The number of benzene rings is 1. The number of hydrogen-bond acceptors (Lipinski definition) is 2. The Morgan fingerprint density at radius 2 is 2.00 bits per heavy atom. The third-order valence-electron chi connectivity index (χ3n) is 4.37. The average molecular weight is 261 g/mol. The van der Waals surface area contributed by atoms with Crippen LogP contribution >= 0.6 is 0 Å². The van der Waals surface area contributed by atoms with Gasteiger partial charge in [0.1, 0.15) is 0 Å². The highest BCUT2D eigenvalue weighted by atomic mass is 16.3. The second-order valence-corrected chi connectivity index (χ2v) is 5.66. The summed E-state index contributed by atoms with van der Waals surface area (Å²) in [5.74, 6) is 0.149. The zero-order chi connectivity index (χ0) is 13.9. The predicted octanol–water partition coefficient (Wildman–Crippen LogP) is 2.20. The van der Waals surface area contributed by atoms with Crippen molar-refractivity contribution in [2.45, 2.75) is 31.1 Å². The van der Waals surface area contributed by atoms with Gasteiger partial charge in [0.2, 0.25) is 5.91 Å². The predicted molar refractivity (Wildman–Crippen MR) is 75.9 cm³/mol. The molecule has 1 amide bonds. The second kappa shape index (κ2) is 5.74. The first-order chi connectivity index (χ1) is 9.13. The molecule has 3 nitrogen and oxygen atoms in total. The Hall–Kier alpha value is -1.35. The molecule has 0 heterocycles. The topological polar surface area (TPSA) is 40.5 Å². The van der Waals surface area contributed by atoms with Crippen LogP contribution in [0.3, 0.4) is 0 Å². The first kappa shape index (κ1) is 14.1. The maximum atomic E-state index is 12.8. The van der Waals surface area contributed by atoms with Crippen LogP contribution in [0.1, 0.15) is 31.2 Å². The summed E-state index contributed by atoms with van der Waals surface area (Å²) in [7, 11) is 3.60. The minimum atomic E-state index is -0.544. The highest BCUT2D eigenvalue weighted by Gasteiger charge is 2.48. The maximum Gasteiger partial charge on any atom is 0.233 e. The van der Waals surface area contributed by atoms with Gasteiger partial charge in [0, 0.05) is 26.6 Å². The van der Waals surface area contributed by atoms with Crippen molar-refractivity contribution in [1.82, 2.24) is 4.90 Å². The number of likely N-dealkylation sites (N-methyl/N-ethyl adjacent to an activating group) is 1. The van der Waals surface area contributed by atoms with Gasteiger partial charge in [0.15, 0.2) is 0 Å². The minimum Gasteiger partial charge on any atom is -0.396 e. The number of amides is 1. The molecular weight excluding hydrogens is 238 g/mol. The normalized spacial score (nSPS) is 27.0. The molecule has 2 rings (SSSR count). The number of aliphatic hydroxyl groups excluding tert-OH is 1. The van der Waals surface area contributed by atoms with Crippen molar-refractivity contribution in [3.63, 3.8) is 0 Å². The van der Waals surface area contributed by atoms with E-state index >= 15 is 0 Å². The molecule has 1 N–H and O–H groups in total. The van der Waals surface area contributed by atoms with Crippen molar-refractivity contribution in [2.24, 2.45) is 5.92 Å². The standard InChI is InChI=1S/C16H23NO2/c1-17(2)15(19)16(13-8-4-3-5-9-13)11-7-6-10-14(16)12-18/h3-5,8-9,14,18H,6-7,10-12H2,1-2H3/t14-,16?/m0/s1. The van der Waals surface area contributed by atoms with Gasteiger partial charge < -0.3 is 10.0 Å². The summed E-state index contributed by atoms with van der Waals surface area (Å²) in [5, 5.41) is 9.75. The van der Waals surface area contributed by atoms with E-state index in [2.05, 4.69) is 0 Å². The van der Waals surface area contributed by atoms with E-state index in [9.17, 15) is 9.90 Å². The highest BCUT2D eigenvalue weighted by Crippen LogP contribution is 2.44. The van der Waals surface area contributed by atoms with Crippen molar-refractivity contribution in [3.05, 3.63) is 35.9 Å². The minimum absolute atomic E-state index is 0.0264. The molecule has 0 spiro atoms. The van der Waals surface area contributed by atoms with E-state index in [1.165, 1.54) is 0 Å². The van der Waals surface area contributed by atoms with Crippen LogP contribution in [-0.4, -0.2) is 36.6 Å². The van der Waals surface area contributed by atoms with Gasteiger partial charge in [-0.1, -0.05) is 43.2 Å². The van der Waals surface area contributed by atoms with Crippen LogP contribution in [0, 0.1) is 5.92 Å².